The fourth-order valence-electron chi connectivity index (χ4n) is 1.67. The summed E-state index contributed by atoms with van der Waals surface area (Å²) in [5.41, 5.74) is 5.57. The highest BCUT2D eigenvalue weighted by Crippen LogP contribution is 2.10. The molecule has 0 aromatic carbocycles. The van der Waals surface area contributed by atoms with Crippen molar-refractivity contribution in [2.75, 3.05) is 12.3 Å². The smallest absolute Gasteiger partial charge is 0.358 e. The van der Waals surface area contributed by atoms with E-state index in [4.69, 9.17) is 15.6 Å². The van der Waals surface area contributed by atoms with Gasteiger partial charge >= 0.3 is 11.9 Å². The highest BCUT2D eigenvalue weighted by Gasteiger charge is 2.12. The van der Waals surface area contributed by atoms with Crippen molar-refractivity contribution in [1.82, 2.24) is 9.78 Å². The molecule has 0 bridgehead atoms. The van der Waals surface area contributed by atoms with E-state index in [-0.39, 0.29) is 17.4 Å². The molecule has 0 fully saturated rings. The van der Waals surface area contributed by atoms with Gasteiger partial charge in [-0.2, -0.15) is 5.10 Å². The van der Waals surface area contributed by atoms with Crippen LogP contribution in [0.15, 0.2) is 6.20 Å². The second-order valence-electron chi connectivity index (χ2n) is 4.12. The molecule has 1 rings (SSSR count). The minimum atomic E-state index is -1.13. The third-order valence-electron chi connectivity index (χ3n) is 2.57. The molecular weight excluding hydrogens is 250 g/mol. The molecule has 106 valence electrons. The molecular formula is C12H19N3O4. The van der Waals surface area contributed by atoms with Crippen molar-refractivity contribution in [3.63, 3.8) is 0 Å². The van der Waals surface area contributed by atoms with Gasteiger partial charge in [0.15, 0.2) is 5.69 Å². The van der Waals surface area contributed by atoms with Crippen molar-refractivity contribution in [3.05, 3.63) is 11.9 Å². The van der Waals surface area contributed by atoms with Crippen LogP contribution in [0.4, 0.5) is 5.69 Å². The maximum atomic E-state index is 11.1. The lowest BCUT2D eigenvalue weighted by Crippen LogP contribution is -2.05. The molecule has 0 unspecified atom stereocenters. The third-order valence-corrected chi connectivity index (χ3v) is 2.57. The largest absolute Gasteiger partial charge is 0.476 e. The van der Waals surface area contributed by atoms with E-state index in [0.29, 0.717) is 19.6 Å². The standard InChI is InChI=1S/C12H19N3O4/c1-2-19-10(16)6-4-3-5-7-15-8-9(13)11(14-15)12(17)18/h8H,2-7,13H2,1H3,(H,17,18). The number of nitrogens with two attached hydrogens (primary N) is 1. The number of carboxylic acid groups (broad SMARTS) is 1. The normalized spacial score (nSPS) is 10.4. The number of aromatic carboxylic acids is 1. The summed E-state index contributed by atoms with van der Waals surface area (Å²) in [6, 6.07) is 0. The number of esters is 1. The maximum absolute atomic E-state index is 11.1. The van der Waals surface area contributed by atoms with Gasteiger partial charge in [-0.15, -0.1) is 0 Å². The molecule has 7 nitrogen and oxygen atoms in total. The number of unbranched alkanes of at least 4 members (excludes halogenated alkanes) is 2. The van der Waals surface area contributed by atoms with E-state index in [0.717, 1.165) is 19.3 Å². The van der Waals surface area contributed by atoms with Crippen LogP contribution < -0.4 is 5.73 Å². The molecule has 3 N–H and O–H groups in total. The maximum Gasteiger partial charge on any atom is 0.358 e. The molecule has 0 aliphatic heterocycles. The number of nitrogen functional groups attached to an aromatic ring is 1. The van der Waals surface area contributed by atoms with Crippen molar-refractivity contribution in [2.45, 2.75) is 39.2 Å². The van der Waals surface area contributed by atoms with E-state index in [2.05, 4.69) is 5.10 Å². The number of nitrogens with zero attached hydrogens (tertiary/aromatic N) is 2. The van der Waals surface area contributed by atoms with E-state index in [1.165, 1.54) is 10.9 Å². The second kappa shape index (κ2) is 7.40. The average Bonchev–Trinajstić information content (AvgIpc) is 2.70. The predicted molar refractivity (Wildman–Crippen MR) is 68.7 cm³/mol. The lowest BCUT2D eigenvalue weighted by Gasteiger charge is -2.02. The van der Waals surface area contributed by atoms with Crippen LogP contribution in [0.5, 0.6) is 0 Å². The van der Waals surface area contributed by atoms with Gasteiger partial charge < -0.3 is 15.6 Å². The first-order valence-corrected chi connectivity index (χ1v) is 6.26. The van der Waals surface area contributed by atoms with Crippen LogP contribution in [0.2, 0.25) is 0 Å². The molecule has 0 saturated carbocycles. The number of carbonyl (C=O) groups excluding carboxylic acids is 1. The van der Waals surface area contributed by atoms with Crippen molar-refractivity contribution in [3.8, 4) is 0 Å². The number of ether oxygens (including phenoxy) is 1. The highest BCUT2D eigenvalue weighted by atomic mass is 16.5. The topological polar surface area (TPSA) is 107 Å². The minimum Gasteiger partial charge on any atom is -0.476 e. The number of anilines is 1. The number of aryl methyl sites for hydroxylation is 1. The average molecular weight is 269 g/mol. The molecule has 0 aliphatic carbocycles. The quantitative estimate of drug-likeness (QED) is 0.544. The molecule has 7 heteroatoms. The number of hydrogen-bond acceptors (Lipinski definition) is 5. The molecule has 1 aromatic heterocycles. The summed E-state index contributed by atoms with van der Waals surface area (Å²) < 4.78 is 6.33. The van der Waals surface area contributed by atoms with Crippen molar-refractivity contribution < 1.29 is 19.4 Å². The zero-order valence-electron chi connectivity index (χ0n) is 11.0. The Bertz CT molecular complexity index is 442. The van der Waals surface area contributed by atoms with Crippen molar-refractivity contribution in [1.29, 1.82) is 0 Å². The Morgan fingerprint density at radius 3 is 2.74 bits per heavy atom. The first-order chi connectivity index (χ1) is 9.04. The molecule has 0 radical (unpaired) electrons. The van der Waals surface area contributed by atoms with Crippen LogP contribution in [0.3, 0.4) is 0 Å². The van der Waals surface area contributed by atoms with Crippen molar-refractivity contribution in [2.24, 2.45) is 0 Å². The van der Waals surface area contributed by atoms with Gasteiger partial charge in [0.05, 0.1) is 12.3 Å². The van der Waals surface area contributed by atoms with Gasteiger partial charge in [-0.05, 0) is 19.8 Å². The number of carbonyl (C=O) groups is 2. The van der Waals surface area contributed by atoms with E-state index in [9.17, 15) is 9.59 Å². The Morgan fingerprint density at radius 2 is 2.16 bits per heavy atom. The van der Waals surface area contributed by atoms with Crippen LogP contribution in [-0.4, -0.2) is 33.4 Å². The van der Waals surface area contributed by atoms with E-state index in [1.54, 1.807) is 6.92 Å². The van der Waals surface area contributed by atoms with Gasteiger partial charge in [0.25, 0.3) is 0 Å². The molecule has 0 atom stereocenters. The summed E-state index contributed by atoms with van der Waals surface area (Å²) >= 11 is 0. The summed E-state index contributed by atoms with van der Waals surface area (Å²) in [6.45, 7) is 2.77. The molecule has 0 spiro atoms. The second-order valence-corrected chi connectivity index (χ2v) is 4.12. The van der Waals surface area contributed by atoms with Crippen LogP contribution in [-0.2, 0) is 16.1 Å². The zero-order valence-corrected chi connectivity index (χ0v) is 11.0. The summed E-state index contributed by atoms with van der Waals surface area (Å²) in [5, 5.41) is 12.7. The Morgan fingerprint density at radius 1 is 1.42 bits per heavy atom. The number of rotatable bonds is 8. The first kappa shape index (κ1) is 15.0. The first-order valence-electron chi connectivity index (χ1n) is 6.26. The summed E-state index contributed by atoms with van der Waals surface area (Å²) in [5.74, 6) is -1.31. The fourth-order valence-corrected chi connectivity index (χ4v) is 1.67. The summed E-state index contributed by atoms with van der Waals surface area (Å²) in [4.78, 5) is 21.8. The number of carboxylic acids is 1. The number of hydrogen-bond donors (Lipinski definition) is 2. The fraction of sp³-hybridized carbons (Fsp3) is 0.583. The Balaban J connectivity index is 2.24. The summed E-state index contributed by atoms with van der Waals surface area (Å²) in [7, 11) is 0. The Kier molecular flexibility index (Phi) is 5.84. The van der Waals surface area contributed by atoms with Crippen LogP contribution >= 0.6 is 0 Å². The SMILES string of the molecule is CCOC(=O)CCCCCn1cc(N)c(C(=O)O)n1. The minimum absolute atomic E-state index is 0.119. The zero-order chi connectivity index (χ0) is 14.3. The molecule has 1 aromatic rings. The van der Waals surface area contributed by atoms with Gasteiger partial charge in [0.1, 0.15) is 0 Å². The molecule has 0 aliphatic rings. The molecule has 1 heterocycles. The van der Waals surface area contributed by atoms with Gasteiger partial charge in [-0.3, -0.25) is 9.48 Å². The molecule has 19 heavy (non-hydrogen) atoms. The Labute approximate surface area is 111 Å². The summed E-state index contributed by atoms with van der Waals surface area (Å²) in [6.07, 6.45) is 4.33. The number of aromatic nitrogens is 2. The van der Waals surface area contributed by atoms with Gasteiger partial charge in [-0.1, -0.05) is 6.42 Å². The molecule has 0 saturated heterocycles. The van der Waals surface area contributed by atoms with Gasteiger partial charge in [0, 0.05) is 19.2 Å². The lowest BCUT2D eigenvalue weighted by atomic mass is 10.2. The third kappa shape index (κ3) is 4.99. The van der Waals surface area contributed by atoms with Gasteiger partial charge in [0.2, 0.25) is 0 Å². The Hall–Kier alpha value is -2.05. The van der Waals surface area contributed by atoms with Crippen LogP contribution in [0.25, 0.3) is 0 Å². The van der Waals surface area contributed by atoms with Crippen LogP contribution in [0, 0.1) is 0 Å². The monoisotopic (exact) mass is 269 g/mol. The van der Waals surface area contributed by atoms with Crippen molar-refractivity contribution >= 4 is 17.6 Å². The highest BCUT2D eigenvalue weighted by molar-refractivity contribution is 5.91. The van der Waals surface area contributed by atoms with E-state index < -0.39 is 5.97 Å². The molecule has 0 amide bonds. The lowest BCUT2D eigenvalue weighted by molar-refractivity contribution is -0.143. The van der Waals surface area contributed by atoms with E-state index >= 15 is 0 Å². The van der Waals surface area contributed by atoms with Crippen LogP contribution in [0.1, 0.15) is 43.1 Å². The van der Waals surface area contributed by atoms with Gasteiger partial charge in [-0.25, -0.2) is 4.79 Å². The predicted octanol–water partition coefficient (Wildman–Crippen LogP) is 1.29. The van der Waals surface area contributed by atoms with E-state index in [1.807, 2.05) is 0 Å².